The summed E-state index contributed by atoms with van der Waals surface area (Å²) in [4.78, 5) is 20.2. The molecule has 5 rings (SSSR count). The quantitative estimate of drug-likeness (QED) is 0.478. The number of aromatic nitrogens is 1. The summed E-state index contributed by atoms with van der Waals surface area (Å²) < 4.78 is 12.2. The molecule has 1 aliphatic heterocycles. The minimum absolute atomic E-state index is 0.00780. The molecule has 0 atom stereocenters. The summed E-state index contributed by atoms with van der Waals surface area (Å²) in [5, 5.41) is 1.08. The number of nitrogens with zero attached hydrogens (tertiary/aromatic N) is 2. The highest BCUT2D eigenvalue weighted by atomic mass is 32.1. The molecule has 1 aliphatic rings. The van der Waals surface area contributed by atoms with E-state index in [1.165, 1.54) is 11.3 Å². The molecule has 3 heterocycles. The van der Waals surface area contributed by atoms with Gasteiger partial charge in [0.1, 0.15) is 0 Å². The molecule has 5 nitrogen and oxygen atoms in total. The van der Waals surface area contributed by atoms with E-state index in [-0.39, 0.29) is 12.7 Å². The van der Waals surface area contributed by atoms with Crippen molar-refractivity contribution in [3.8, 4) is 11.5 Å². The summed E-state index contributed by atoms with van der Waals surface area (Å²) >= 11 is 1.52. The maximum Gasteiger partial charge on any atom is 0.264 e. The summed E-state index contributed by atoms with van der Waals surface area (Å²) in [5.74, 6) is 1.43. The summed E-state index contributed by atoms with van der Waals surface area (Å²) in [7, 11) is 0. The first kappa shape index (κ1) is 17.7. The third-order valence-electron chi connectivity index (χ3n) is 4.86. The zero-order valence-corrected chi connectivity index (χ0v) is 16.4. The summed E-state index contributed by atoms with van der Waals surface area (Å²) in [5.41, 5.74) is 1.91. The fraction of sp³-hybridized carbons (Fsp3) is 0.130. The van der Waals surface area contributed by atoms with E-state index in [2.05, 4.69) is 4.98 Å². The van der Waals surface area contributed by atoms with Crippen LogP contribution in [0.2, 0.25) is 0 Å². The lowest BCUT2D eigenvalue weighted by atomic mass is 10.1. The Kier molecular flexibility index (Phi) is 4.62. The highest BCUT2D eigenvalue weighted by Gasteiger charge is 2.23. The molecule has 6 heteroatoms. The van der Waals surface area contributed by atoms with Gasteiger partial charge in [-0.05, 0) is 35.2 Å². The van der Waals surface area contributed by atoms with Gasteiger partial charge in [0, 0.05) is 29.2 Å². The average Bonchev–Trinajstić information content (AvgIpc) is 3.41. The number of pyridine rings is 1. The molecule has 2 aromatic carbocycles. The van der Waals surface area contributed by atoms with E-state index in [0.29, 0.717) is 18.8 Å². The van der Waals surface area contributed by atoms with Gasteiger partial charge in [-0.25, -0.2) is 0 Å². The molecule has 0 bridgehead atoms. The van der Waals surface area contributed by atoms with Crippen molar-refractivity contribution in [1.82, 2.24) is 9.88 Å². The predicted octanol–water partition coefficient (Wildman–Crippen LogP) is 4.87. The lowest BCUT2D eigenvalue weighted by molar-refractivity contribution is 0.0733. The number of hydrogen-bond acceptors (Lipinski definition) is 5. The number of fused-ring (bicyclic) bond motifs is 2. The normalized spacial score (nSPS) is 12.3. The van der Waals surface area contributed by atoms with Gasteiger partial charge in [-0.2, -0.15) is 0 Å². The molecular formula is C23H18N2O3S. The average molecular weight is 402 g/mol. The van der Waals surface area contributed by atoms with Crippen LogP contribution in [-0.2, 0) is 13.1 Å². The summed E-state index contributed by atoms with van der Waals surface area (Å²) in [6.07, 6.45) is 3.52. The van der Waals surface area contributed by atoms with Gasteiger partial charge < -0.3 is 14.4 Å². The first-order valence-electron chi connectivity index (χ1n) is 9.32. The maximum absolute atomic E-state index is 13.5. The Morgan fingerprint density at radius 3 is 2.83 bits per heavy atom. The number of thiophene rings is 1. The van der Waals surface area contributed by atoms with Crippen LogP contribution in [0.15, 0.2) is 73.1 Å². The topological polar surface area (TPSA) is 51.7 Å². The van der Waals surface area contributed by atoms with Crippen LogP contribution in [0.25, 0.3) is 10.1 Å². The molecule has 29 heavy (non-hydrogen) atoms. The molecule has 0 unspecified atom stereocenters. The maximum atomic E-state index is 13.5. The second-order valence-electron chi connectivity index (χ2n) is 6.82. The van der Waals surface area contributed by atoms with Crippen LogP contribution >= 0.6 is 11.3 Å². The van der Waals surface area contributed by atoms with Crippen molar-refractivity contribution in [1.29, 1.82) is 0 Å². The number of carbonyl (C=O) groups is 1. The van der Waals surface area contributed by atoms with Crippen LogP contribution < -0.4 is 9.47 Å². The third kappa shape index (κ3) is 3.54. The van der Waals surface area contributed by atoms with E-state index in [4.69, 9.17) is 9.47 Å². The van der Waals surface area contributed by atoms with Gasteiger partial charge in [0.2, 0.25) is 6.79 Å². The van der Waals surface area contributed by atoms with Crippen LogP contribution in [0.3, 0.4) is 0 Å². The second-order valence-corrected chi connectivity index (χ2v) is 7.91. The van der Waals surface area contributed by atoms with Gasteiger partial charge in [0.05, 0.1) is 11.4 Å². The van der Waals surface area contributed by atoms with Crippen molar-refractivity contribution >= 4 is 27.3 Å². The Labute approximate surface area is 172 Å². The summed E-state index contributed by atoms with van der Waals surface area (Å²) in [6.45, 7) is 1.10. The molecule has 144 valence electrons. The molecule has 0 spiro atoms. The monoisotopic (exact) mass is 402 g/mol. The Morgan fingerprint density at radius 2 is 1.97 bits per heavy atom. The molecule has 0 fully saturated rings. The van der Waals surface area contributed by atoms with E-state index < -0.39 is 0 Å². The van der Waals surface area contributed by atoms with Crippen molar-refractivity contribution in [3.63, 3.8) is 0 Å². The molecule has 0 aliphatic carbocycles. The number of amides is 1. The van der Waals surface area contributed by atoms with Crippen molar-refractivity contribution in [2.45, 2.75) is 13.1 Å². The van der Waals surface area contributed by atoms with Crippen LogP contribution in [-0.4, -0.2) is 22.6 Å². The lowest BCUT2D eigenvalue weighted by Crippen LogP contribution is -2.29. The van der Waals surface area contributed by atoms with Crippen LogP contribution in [0.5, 0.6) is 11.5 Å². The lowest BCUT2D eigenvalue weighted by Gasteiger charge is -2.23. The number of benzene rings is 2. The number of ether oxygens (including phenoxy) is 2. The standard InChI is InChI=1S/C23H18N2O3S/c26-23(21-11-17-6-1-2-9-20(17)29-21)25(13-16-5-4-10-24-12-16)14-18-7-3-8-19-22(18)28-15-27-19/h1-12H,13-15H2. The van der Waals surface area contributed by atoms with Crippen molar-refractivity contribution in [2.24, 2.45) is 0 Å². The molecule has 0 radical (unpaired) electrons. The van der Waals surface area contributed by atoms with Crippen molar-refractivity contribution in [2.75, 3.05) is 6.79 Å². The van der Waals surface area contributed by atoms with E-state index in [0.717, 1.165) is 31.8 Å². The smallest absolute Gasteiger partial charge is 0.264 e. The first-order chi connectivity index (χ1) is 14.3. The van der Waals surface area contributed by atoms with Gasteiger partial charge in [-0.1, -0.05) is 36.4 Å². The van der Waals surface area contributed by atoms with E-state index >= 15 is 0 Å². The van der Waals surface area contributed by atoms with Crippen molar-refractivity contribution < 1.29 is 14.3 Å². The van der Waals surface area contributed by atoms with Gasteiger partial charge in [0.25, 0.3) is 5.91 Å². The SMILES string of the molecule is O=C(c1cc2ccccc2s1)N(Cc1cccnc1)Cc1cccc2c1OCO2. The Bertz CT molecular complexity index is 1140. The van der Waals surface area contributed by atoms with Gasteiger partial charge >= 0.3 is 0 Å². The minimum atomic E-state index is -0.00780. The van der Waals surface area contributed by atoms with E-state index in [1.54, 1.807) is 12.4 Å². The summed E-state index contributed by atoms with van der Waals surface area (Å²) in [6, 6.07) is 19.7. The predicted molar refractivity (Wildman–Crippen MR) is 112 cm³/mol. The van der Waals surface area contributed by atoms with E-state index in [1.807, 2.05) is 65.6 Å². The zero-order chi connectivity index (χ0) is 19.6. The molecule has 4 aromatic rings. The zero-order valence-electron chi connectivity index (χ0n) is 15.6. The Balaban J connectivity index is 1.49. The van der Waals surface area contributed by atoms with Crippen LogP contribution in [0.4, 0.5) is 0 Å². The minimum Gasteiger partial charge on any atom is -0.454 e. The van der Waals surface area contributed by atoms with Gasteiger partial charge in [-0.3, -0.25) is 9.78 Å². The molecule has 2 aromatic heterocycles. The number of hydrogen-bond donors (Lipinski definition) is 0. The molecule has 0 N–H and O–H groups in total. The highest BCUT2D eigenvalue weighted by molar-refractivity contribution is 7.20. The first-order valence-corrected chi connectivity index (χ1v) is 10.1. The van der Waals surface area contributed by atoms with E-state index in [9.17, 15) is 4.79 Å². The number of carbonyl (C=O) groups excluding carboxylic acids is 1. The fourth-order valence-electron chi connectivity index (χ4n) is 3.48. The van der Waals surface area contributed by atoms with Crippen LogP contribution in [0, 0.1) is 0 Å². The second kappa shape index (κ2) is 7.56. The third-order valence-corrected chi connectivity index (χ3v) is 5.96. The van der Waals surface area contributed by atoms with Gasteiger partial charge in [-0.15, -0.1) is 11.3 Å². The molecule has 0 saturated carbocycles. The van der Waals surface area contributed by atoms with Crippen LogP contribution in [0.1, 0.15) is 20.8 Å². The Hall–Kier alpha value is -3.38. The van der Waals surface area contributed by atoms with Crippen molar-refractivity contribution in [3.05, 3.63) is 89.1 Å². The fourth-order valence-corrected chi connectivity index (χ4v) is 4.51. The Morgan fingerprint density at radius 1 is 1.03 bits per heavy atom. The number of para-hydroxylation sites is 1. The van der Waals surface area contributed by atoms with Gasteiger partial charge in [0.15, 0.2) is 11.5 Å². The largest absolute Gasteiger partial charge is 0.454 e. The molecule has 1 amide bonds. The molecule has 0 saturated heterocycles. The number of rotatable bonds is 5. The molecular weight excluding hydrogens is 384 g/mol. The highest BCUT2D eigenvalue weighted by Crippen LogP contribution is 2.36.